The summed E-state index contributed by atoms with van der Waals surface area (Å²) in [6.45, 7) is 3.09. The second-order valence-electron chi connectivity index (χ2n) is 8.64. The van der Waals surface area contributed by atoms with Crippen molar-refractivity contribution in [1.82, 2.24) is 9.88 Å². The molecule has 0 spiro atoms. The predicted molar refractivity (Wildman–Crippen MR) is 139 cm³/mol. The Hall–Kier alpha value is -3.69. The number of methoxy groups -OCH3 is 1. The lowest BCUT2D eigenvalue weighted by Crippen LogP contribution is -2.23. The summed E-state index contributed by atoms with van der Waals surface area (Å²) < 4.78 is 45.0. The van der Waals surface area contributed by atoms with Crippen LogP contribution in [0.3, 0.4) is 0 Å². The van der Waals surface area contributed by atoms with Gasteiger partial charge in [0, 0.05) is 24.2 Å². The molecule has 4 rings (SSSR count). The molecule has 0 aliphatic rings. The van der Waals surface area contributed by atoms with E-state index < -0.39 is 11.7 Å². The van der Waals surface area contributed by atoms with Crippen molar-refractivity contribution in [3.05, 3.63) is 111 Å². The molecule has 9 heteroatoms. The second-order valence-corrected chi connectivity index (χ2v) is 9.58. The smallest absolute Gasteiger partial charge is 0.416 e. The first kappa shape index (κ1) is 26.4. The molecule has 4 aromatic rings. The average Bonchev–Trinajstić information content (AvgIpc) is 3.34. The molecule has 1 aromatic heterocycles. The Morgan fingerprint density at radius 1 is 0.973 bits per heavy atom. The van der Waals surface area contributed by atoms with Crippen LogP contribution in [-0.4, -0.2) is 22.9 Å². The Bertz CT molecular complexity index is 1340. The van der Waals surface area contributed by atoms with Gasteiger partial charge in [0.15, 0.2) is 0 Å². The van der Waals surface area contributed by atoms with Gasteiger partial charge in [-0.05, 0) is 48.4 Å². The molecule has 37 heavy (non-hydrogen) atoms. The highest BCUT2D eigenvalue weighted by Gasteiger charge is 2.30. The van der Waals surface area contributed by atoms with E-state index in [2.05, 4.69) is 10.3 Å². The number of carbonyl (C=O) groups is 1. The van der Waals surface area contributed by atoms with Gasteiger partial charge >= 0.3 is 6.18 Å². The summed E-state index contributed by atoms with van der Waals surface area (Å²) in [5, 5.41) is 5.21. The summed E-state index contributed by atoms with van der Waals surface area (Å²) >= 11 is 1.34. The van der Waals surface area contributed by atoms with Gasteiger partial charge in [0.1, 0.15) is 16.5 Å². The lowest BCUT2D eigenvalue weighted by atomic mass is 10.1. The summed E-state index contributed by atoms with van der Waals surface area (Å²) in [7, 11) is 1.59. The summed E-state index contributed by atoms with van der Waals surface area (Å²) in [6.07, 6.45) is -4.41. The monoisotopic (exact) mass is 525 g/mol. The SMILES string of the molecule is COc1ccc(CN(Cc2cccc(C(F)(F)F)c2)Cc2nc(C(=O)Nc3ccc(C)cc3)cs2)cc1. The number of halogens is 3. The number of thiazole rings is 1. The van der Waals surface area contributed by atoms with Gasteiger partial charge in [0.05, 0.1) is 19.2 Å². The van der Waals surface area contributed by atoms with Crippen LogP contribution >= 0.6 is 11.3 Å². The molecule has 0 atom stereocenters. The van der Waals surface area contributed by atoms with E-state index in [0.29, 0.717) is 35.0 Å². The summed E-state index contributed by atoms with van der Waals surface area (Å²) in [5.41, 5.74) is 2.89. The lowest BCUT2D eigenvalue weighted by molar-refractivity contribution is -0.137. The van der Waals surface area contributed by atoms with E-state index in [1.54, 1.807) is 18.6 Å². The van der Waals surface area contributed by atoms with Crippen LogP contribution in [0, 0.1) is 6.92 Å². The molecule has 0 saturated heterocycles. The number of amides is 1. The molecule has 1 N–H and O–H groups in total. The fourth-order valence-electron chi connectivity index (χ4n) is 3.77. The van der Waals surface area contributed by atoms with Crippen molar-refractivity contribution >= 4 is 22.9 Å². The van der Waals surface area contributed by atoms with Gasteiger partial charge < -0.3 is 10.1 Å². The van der Waals surface area contributed by atoms with E-state index in [1.807, 2.05) is 60.4 Å². The first-order chi connectivity index (χ1) is 17.7. The molecule has 0 aliphatic carbocycles. The highest BCUT2D eigenvalue weighted by molar-refractivity contribution is 7.09. The van der Waals surface area contributed by atoms with Crippen LogP contribution < -0.4 is 10.1 Å². The second kappa shape index (κ2) is 11.6. The van der Waals surface area contributed by atoms with Crippen molar-refractivity contribution in [3.8, 4) is 5.75 Å². The van der Waals surface area contributed by atoms with Crippen LogP contribution in [0.1, 0.15) is 37.7 Å². The van der Waals surface area contributed by atoms with Crippen LogP contribution in [-0.2, 0) is 25.8 Å². The van der Waals surface area contributed by atoms with E-state index in [0.717, 1.165) is 22.9 Å². The Balaban J connectivity index is 1.51. The quantitative estimate of drug-likeness (QED) is 0.257. The molecule has 1 amide bonds. The lowest BCUT2D eigenvalue weighted by Gasteiger charge is -2.22. The van der Waals surface area contributed by atoms with E-state index in [4.69, 9.17) is 4.74 Å². The Morgan fingerprint density at radius 2 is 1.68 bits per heavy atom. The zero-order chi connectivity index (χ0) is 26.4. The van der Waals surface area contributed by atoms with Crippen LogP contribution in [0.4, 0.5) is 18.9 Å². The number of carbonyl (C=O) groups excluding carboxylic acids is 1. The summed E-state index contributed by atoms with van der Waals surface area (Å²) in [5.74, 6) is 0.406. The Labute approximate surface area is 217 Å². The van der Waals surface area contributed by atoms with E-state index in [9.17, 15) is 18.0 Å². The van der Waals surface area contributed by atoms with Gasteiger partial charge in [-0.1, -0.05) is 48.0 Å². The van der Waals surface area contributed by atoms with Crippen LogP contribution in [0.2, 0.25) is 0 Å². The fraction of sp³-hybridized carbons (Fsp3) is 0.214. The number of nitrogens with zero attached hydrogens (tertiary/aromatic N) is 2. The van der Waals surface area contributed by atoms with E-state index in [-0.39, 0.29) is 12.5 Å². The van der Waals surface area contributed by atoms with Crippen molar-refractivity contribution in [2.24, 2.45) is 0 Å². The van der Waals surface area contributed by atoms with Gasteiger partial charge in [-0.15, -0.1) is 11.3 Å². The maximum Gasteiger partial charge on any atom is 0.416 e. The first-order valence-corrected chi connectivity index (χ1v) is 12.4. The fourth-order valence-corrected chi connectivity index (χ4v) is 4.59. The maximum absolute atomic E-state index is 13.3. The van der Waals surface area contributed by atoms with Crippen molar-refractivity contribution < 1.29 is 22.7 Å². The first-order valence-electron chi connectivity index (χ1n) is 11.5. The van der Waals surface area contributed by atoms with Crippen molar-refractivity contribution in [1.29, 1.82) is 0 Å². The standard InChI is InChI=1S/C28H26F3N3O2S/c1-19-6-10-23(11-7-19)32-27(35)25-18-37-26(33-25)17-34(15-20-8-12-24(36-2)13-9-20)16-21-4-3-5-22(14-21)28(29,30)31/h3-14,18H,15-17H2,1-2H3,(H,32,35). The highest BCUT2D eigenvalue weighted by Crippen LogP contribution is 2.30. The van der Waals surface area contributed by atoms with Crippen molar-refractivity contribution in [2.45, 2.75) is 32.7 Å². The third kappa shape index (κ3) is 7.41. The minimum Gasteiger partial charge on any atom is -0.497 e. The molecule has 192 valence electrons. The number of benzene rings is 3. The highest BCUT2D eigenvalue weighted by atomic mass is 32.1. The summed E-state index contributed by atoms with van der Waals surface area (Å²) in [4.78, 5) is 19.2. The van der Waals surface area contributed by atoms with Crippen molar-refractivity contribution in [3.63, 3.8) is 0 Å². The third-order valence-electron chi connectivity index (χ3n) is 5.68. The molecular weight excluding hydrogens is 499 g/mol. The van der Waals surface area contributed by atoms with Crippen LogP contribution in [0.15, 0.2) is 78.2 Å². The number of hydrogen-bond acceptors (Lipinski definition) is 5. The Kier molecular flexibility index (Phi) is 8.25. The molecule has 1 heterocycles. The number of aryl methyl sites for hydroxylation is 1. The van der Waals surface area contributed by atoms with Gasteiger partial charge in [-0.3, -0.25) is 9.69 Å². The maximum atomic E-state index is 13.3. The molecule has 0 aliphatic heterocycles. The average molecular weight is 526 g/mol. The van der Waals surface area contributed by atoms with Crippen molar-refractivity contribution in [2.75, 3.05) is 12.4 Å². The van der Waals surface area contributed by atoms with Gasteiger partial charge in [-0.2, -0.15) is 13.2 Å². The molecule has 0 unspecified atom stereocenters. The zero-order valence-electron chi connectivity index (χ0n) is 20.4. The molecule has 0 radical (unpaired) electrons. The normalized spacial score (nSPS) is 11.5. The Morgan fingerprint density at radius 3 is 2.35 bits per heavy atom. The minimum atomic E-state index is -4.41. The van der Waals surface area contributed by atoms with Crippen LogP contribution in [0.5, 0.6) is 5.75 Å². The molecule has 0 saturated carbocycles. The molecule has 5 nitrogen and oxygen atoms in total. The van der Waals surface area contributed by atoms with E-state index in [1.165, 1.54) is 23.5 Å². The molecule has 0 fully saturated rings. The third-order valence-corrected chi connectivity index (χ3v) is 6.51. The number of aromatic nitrogens is 1. The van der Waals surface area contributed by atoms with Gasteiger partial charge in [-0.25, -0.2) is 4.98 Å². The number of ether oxygens (including phenoxy) is 1. The van der Waals surface area contributed by atoms with Gasteiger partial charge in [0.2, 0.25) is 0 Å². The molecule has 0 bridgehead atoms. The topological polar surface area (TPSA) is 54.5 Å². The number of nitrogens with one attached hydrogen (secondary N) is 1. The van der Waals surface area contributed by atoms with E-state index >= 15 is 0 Å². The zero-order valence-corrected chi connectivity index (χ0v) is 21.2. The van der Waals surface area contributed by atoms with Gasteiger partial charge in [0.25, 0.3) is 5.91 Å². The predicted octanol–water partition coefficient (Wildman–Crippen LogP) is 6.93. The molecule has 3 aromatic carbocycles. The minimum absolute atomic E-state index is 0.278. The largest absolute Gasteiger partial charge is 0.497 e. The summed E-state index contributed by atoms with van der Waals surface area (Å²) in [6, 6.07) is 20.3. The number of anilines is 1. The number of alkyl halides is 3. The number of rotatable bonds is 9. The number of hydrogen-bond donors (Lipinski definition) is 1. The molecular formula is C28H26F3N3O2S. The van der Waals surface area contributed by atoms with Crippen LogP contribution in [0.25, 0.3) is 0 Å².